The minimum absolute atomic E-state index is 0.0420. The van der Waals surface area contributed by atoms with Gasteiger partial charge in [0.25, 0.3) is 5.97 Å². The third-order valence-electron chi connectivity index (χ3n) is 11.7. The summed E-state index contributed by atoms with van der Waals surface area (Å²) in [6.45, 7) is 3.63. The fourth-order valence-corrected chi connectivity index (χ4v) is 8.09. The zero-order chi connectivity index (χ0) is 57.4. The molecule has 0 bridgehead atoms. The molecule has 3 aromatic carbocycles. The Morgan fingerprint density at radius 2 is 1.01 bits per heavy atom. The number of unbranched alkanes of at least 4 members (excludes halogenated alkanes) is 1. The highest BCUT2D eigenvalue weighted by molar-refractivity contribution is 7.80. The van der Waals surface area contributed by atoms with Crippen LogP contribution in [0, 0.1) is 0 Å². The summed E-state index contributed by atoms with van der Waals surface area (Å²) < 4.78 is 0. The first-order valence-electron chi connectivity index (χ1n) is 24.4. The number of carboxylic acids is 2. The molecule has 4 rings (SSSR count). The van der Waals surface area contributed by atoms with E-state index in [2.05, 4.69) is 67.5 Å². The van der Waals surface area contributed by atoms with Crippen LogP contribution in [-0.4, -0.2) is 162 Å². The van der Waals surface area contributed by atoms with Crippen LogP contribution in [0.25, 0.3) is 10.9 Å². The van der Waals surface area contributed by atoms with Gasteiger partial charge >= 0.3 is 5.97 Å². The molecule has 0 saturated heterocycles. The number of carboxylic acid groups (broad SMARTS) is 2. The Bertz CT molecular complexity index is 2600. The zero-order valence-corrected chi connectivity index (χ0v) is 44.5. The third kappa shape index (κ3) is 21.4. The molecule has 0 aliphatic carbocycles. The average Bonchev–Trinajstić information content (AvgIpc) is 3.79. The van der Waals surface area contributed by atoms with Crippen LogP contribution in [0.1, 0.15) is 56.7 Å². The highest BCUT2D eigenvalue weighted by Gasteiger charge is 2.36. The normalized spacial score (nSPS) is 14.9. The van der Waals surface area contributed by atoms with Crippen molar-refractivity contribution in [3.8, 4) is 5.75 Å². The number of H-pyrrole nitrogens is 1. The van der Waals surface area contributed by atoms with Crippen molar-refractivity contribution >= 4 is 89.4 Å². The highest BCUT2D eigenvalue weighted by Crippen LogP contribution is 2.20. The Balaban J connectivity index is 0.00000376. The van der Waals surface area contributed by atoms with Gasteiger partial charge in [-0.15, -0.1) is 0 Å². The minimum atomic E-state index is -1.74. The Morgan fingerprint density at radius 3 is 1.56 bits per heavy atom. The number of aliphatic hydroxyl groups is 2. The molecule has 420 valence electrons. The monoisotopic (exact) mass is 1110 g/mol. The van der Waals surface area contributed by atoms with Crippen molar-refractivity contribution < 1.29 is 68.7 Å². The van der Waals surface area contributed by atoms with Crippen LogP contribution in [-0.2, 0) is 62.4 Å². The molecule has 10 atom stereocenters. The van der Waals surface area contributed by atoms with Crippen molar-refractivity contribution in [2.24, 2.45) is 11.5 Å². The maximum atomic E-state index is 14.6. The number of phenols is 1. The number of para-hydroxylation sites is 1. The standard InChI is InChI=1S/C49H66N10O12S2.C2H4O2/c1-26(60)40(48(69)57-39(25-73)47(68)59-41(27(2)61)49(70)71)58-43(64)35(14-8-9-19-50)53-45(66)37(22-30-23-52-34-13-7-6-12-32(30)34)55-44(65)36(21-29-15-17-31(62)18-16-29)54-46(67)38(24-72)56-42(63)33(51)20-28-10-4-3-5-11-28;1-2(3)4/h3-7,10-13,15-18,23,26-27,33,35-41,52,60-62,72-73H,8-9,14,19-22,24-25,50-51H2,1-2H3,(H,53,66)(H,54,67)(H,55,65)(H,56,63)(H,57,69)(H,58,64)(H,59,68)(H,70,71);1H3,(H,3,4)/t26-,27-,33-,35+,36+,37-,38+,39+,40+,41+;/m1./s1. The van der Waals surface area contributed by atoms with E-state index in [1.54, 1.807) is 54.7 Å². The number of aromatic hydroxyl groups is 1. The summed E-state index contributed by atoms with van der Waals surface area (Å²) in [6.07, 6.45) is -0.943. The summed E-state index contributed by atoms with van der Waals surface area (Å²) >= 11 is 8.38. The van der Waals surface area contributed by atoms with Crippen LogP contribution >= 0.6 is 25.3 Å². The molecular formula is C51H70N10O14S2. The lowest BCUT2D eigenvalue weighted by molar-refractivity contribution is -0.145. The van der Waals surface area contributed by atoms with Gasteiger partial charge in [-0.1, -0.05) is 60.7 Å². The number of fused-ring (bicyclic) bond motifs is 1. The number of aliphatic carboxylic acids is 2. The van der Waals surface area contributed by atoms with E-state index in [1.807, 2.05) is 6.07 Å². The number of aliphatic hydroxyl groups excluding tert-OH is 2. The molecule has 0 aliphatic heterocycles. The fraction of sp³-hybridized carbons (Fsp3) is 0.431. The molecule has 24 nitrogen and oxygen atoms in total. The maximum absolute atomic E-state index is 14.6. The number of nitrogens with one attached hydrogen (secondary N) is 8. The summed E-state index contributed by atoms with van der Waals surface area (Å²) in [5.74, 6) is -9.22. The SMILES string of the molecule is CC(=O)O.C[C@@H](O)[C@H](NC(=O)[C@H](CS)NC(=O)[C@@H](NC(=O)[C@H](CCCCN)NC(=O)[C@@H](Cc1c[nH]c2ccccc12)NC(=O)[C@H](Cc1ccc(O)cc1)NC(=O)[C@H](CS)NC(=O)[C@H](N)Cc1ccccc1)[C@@H](C)O)C(=O)O. The summed E-state index contributed by atoms with van der Waals surface area (Å²) in [6, 6.07) is 10.5. The first kappa shape index (κ1) is 64.1. The van der Waals surface area contributed by atoms with E-state index in [4.69, 9.17) is 21.4 Å². The smallest absolute Gasteiger partial charge is 0.328 e. The van der Waals surface area contributed by atoms with Crippen molar-refractivity contribution in [2.75, 3.05) is 18.1 Å². The fourth-order valence-electron chi connectivity index (χ4n) is 7.58. The number of nitrogens with two attached hydrogens (primary N) is 2. The van der Waals surface area contributed by atoms with E-state index in [0.29, 0.717) is 28.5 Å². The number of hydrogen-bond donors (Lipinski definition) is 17. The topological polar surface area (TPSA) is 407 Å². The molecular weight excluding hydrogens is 1040 g/mol. The van der Waals surface area contributed by atoms with Gasteiger partial charge in [-0.2, -0.15) is 25.3 Å². The van der Waals surface area contributed by atoms with Gasteiger partial charge in [-0.3, -0.25) is 38.4 Å². The van der Waals surface area contributed by atoms with E-state index in [9.17, 15) is 58.8 Å². The number of benzene rings is 3. The second-order valence-electron chi connectivity index (χ2n) is 18.0. The van der Waals surface area contributed by atoms with Gasteiger partial charge in [0.05, 0.1) is 18.2 Å². The number of aromatic amines is 1. The molecule has 0 aliphatic rings. The van der Waals surface area contributed by atoms with Crippen molar-refractivity contribution in [1.82, 2.24) is 42.2 Å². The van der Waals surface area contributed by atoms with Crippen molar-refractivity contribution in [1.29, 1.82) is 0 Å². The predicted molar refractivity (Wildman–Crippen MR) is 290 cm³/mol. The van der Waals surface area contributed by atoms with E-state index in [1.165, 1.54) is 31.2 Å². The van der Waals surface area contributed by atoms with Crippen molar-refractivity contribution in [2.45, 2.75) is 120 Å². The number of carbonyl (C=O) groups is 9. The molecule has 26 heteroatoms. The van der Waals surface area contributed by atoms with Crippen molar-refractivity contribution in [3.63, 3.8) is 0 Å². The number of phenolic OH excluding ortho intramolecular Hbond substituents is 1. The third-order valence-corrected chi connectivity index (χ3v) is 12.4. The molecule has 7 amide bonds. The second-order valence-corrected chi connectivity index (χ2v) is 18.7. The number of hydrogen-bond acceptors (Lipinski definition) is 16. The summed E-state index contributed by atoms with van der Waals surface area (Å²) in [5, 5.41) is 65.6. The van der Waals surface area contributed by atoms with Gasteiger partial charge < -0.3 is 79.2 Å². The van der Waals surface area contributed by atoms with Crippen LogP contribution in [0.5, 0.6) is 5.75 Å². The van der Waals surface area contributed by atoms with Crippen LogP contribution in [0.15, 0.2) is 85.1 Å². The van der Waals surface area contributed by atoms with E-state index in [-0.39, 0.29) is 55.9 Å². The summed E-state index contributed by atoms with van der Waals surface area (Å²) in [4.78, 5) is 121. The first-order valence-corrected chi connectivity index (χ1v) is 25.7. The van der Waals surface area contributed by atoms with Crippen LogP contribution in [0.3, 0.4) is 0 Å². The molecule has 0 fully saturated rings. The molecule has 1 heterocycles. The van der Waals surface area contributed by atoms with Crippen LogP contribution in [0.2, 0.25) is 0 Å². The first-order chi connectivity index (χ1) is 36.5. The Labute approximate surface area is 455 Å². The molecule has 0 saturated carbocycles. The lowest BCUT2D eigenvalue weighted by Crippen LogP contribution is -2.62. The maximum Gasteiger partial charge on any atom is 0.328 e. The van der Waals surface area contributed by atoms with E-state index < -0.39 is 114 Å². The quantitative estimate of drug-likeness (QED) is 0.0218. The number of amides is 7. The van der Waals surface area contributed by atoms with Gasteiger partial charge in [-0.05, 0) is 81.0 Å². The minimum Gasteiger partial charge on any atom is -0.508 e. The summed E-state index contributed by atoms with van der Waals surface area (Å²) in [5.41, 5.74) is 14.5. The van der Waals surface area contributed by atoms with Gasteiger partial charge in [0.2, 0.25) is 41.4 Å². The highest BCUT2D eigenvalue weighted by atomic mass is 32.1. The molecule has 17 N–H and O–H groups in total. The number of carbonyl (C=O) groups excluding carboxylic acids is 7. The van der Waals surface area contributed by atoms with Crippen LogP contribution in [0.4, 0.5) is 0 Å². The lowest BCUT2D eigenvalue weighted by atomic mass is 10.0. The largest absolute Gasteiger partial charge is 0.508 e. The number of aromatic nitrogens is 1. The van der Waals surface area contributed by atoms with E-state index in [0.717, 1.165) is 19.4 Å². The molecule has 0 spiro atoms. The molecule has 77 heavy (non-hydrogen) atoms. The van der Waals surface area contributed by atoms with Gasteiger partial charge in [-0.25, -0.2) is 4.79 Å². The summed E-state index contributed by atoms with van der Waals surface area (Å²) in [7, 11) is 0. The molecule has 4 aromatic rings. The van der Waals surface area contributed by atoms with Gasteiger partial charge in [0.1, 0.15) is 42.0 Å². The lowest BCUT2D eigenvalue weighted by Gasteiger charge is -2.28. The number of rotatable bonds is 29. The zero-order valence-electron chi connectivity index (χ0n) is 42.7. The Morgan fingerprint density at radius 1 is 0.558 bits per heavy atom. The Kier molecular flexibility index (Phi) is 26.9. The average molecular weight is 1110 g/mol. The predicted octanol–water partition coefficient (Wildman–Crippen LogP) is -1.45. The van der Waals surface area contributed by atoms with Crippen molar-refractivity contribution in [3.05, 3.63) is 102 Å². The molecule has 0 unspecified atom stereocenters. The van der Waals surface area contributed by atoms with Crippen LogP contribution < -0.4 is 48.7 Å². The van der Waals surface area contributed by atoms with Gasteiger partial charge in [0, 0.05) is 48.4 Å². The van der Waals surface area contributed by atoms with Gasteiger partial charge in [0.15, 0.2) is 6.04 Å². The molecule has 0 radical (unpaired) electrons. The number of thiol groups is 2. The molecule has 1 aromatic heterocycles. The second kappa shape index (κ2) is 32.4. The Hall–Kier alpha value is -7.23. The van der Waals surface area contributed by atoms with E-state index >= 15 is 0 Å².